The van der Waals surface area contributed by atoms with Crippen LogP contribution in [0.2, 0.25) is 0 Å². The number of halogens is 1. The van der Waals surface area contributed by atoms with Gasteiger partial charge in [-0.05, 0) is 48.1 Å². The zero-order valence-corrected chi connectivity index (χ0v) is 17.1. The summed E-state index contributed by atoms with van der Waals surface area (Å²) in [6.07, 6.45) is 1.89. The van der Waals surface area contributed by atoms with Crippen molar-refractivity contribution in [1.29, 1.82) is 0 Å². The molecule has 1 aliphatic rings. The summed E-state index contributed by atoms with van der Waals surface area (Å²) in [5.41, 5.74) is 9.62. The van der Waals surface area contributed by atoms with Gasteiger partial charge in [0.25, 0.3) is 5.91 Å². The quantitative estimate of drug-likeness (QED) is 0.655. The molecule has 1 saturated carbocycles. The minimum atomic E-state index is -0.270. The molecule has 6 heteroatoms. The van der Waals surface area contributed by atoms with Crippen molar-refractivity contribution in [3.63, 3.8) is 0 Å². The molecule has 0 bridgehead atoms. The third-order valence-electron chi connectivity index (χ3n) is 4.85. The Morgan fingerprint density at radius 2 is 1.71 bits per heavy atom. The Labute approximate surface area is 172 Å². The summed E-state index contributed by atoms with van der Waals surface area (Å²) in [7, 11) is 0. The first kappa shape index (κ1) is 21.9. The summed E-state index contributed by atoms with van der Waals surface area (Å²) in [4.78, 5) is 24.3. The lowest BCUT2D eigenvalue weighted by Gasteiger charge is -2.15. The minimum absolute atomic E-state index is 0. The van der Waals surface area contributed by atoms with Crippen LogP contribution in [0.3, 0.4) is 0 Å². The van der Waals surface area contributed by atoms with Gasteiger partial charge in [0.1, 0.15) is 0 Å². The fourth-order valence-corrected chi connectivity index (χ4v) is 2.88. The Bertz CT molecular complexity index is 817. The number of nitrogens with one attached hydrogen (secondary N) is 2. The van der Waals surface area contributed by atoms with E-state index in [1.807, 2.05) is 12.1 Å². The number of hydrogen-bond donors (Lipinski definition) is 3. The minimum Gasteiger partial charge on any atom is -0.350 e. The molecule has 1 unspecified atom stereocenters. The summed E-state index contributed by atoms with van der Waals surface area (Å²) in [6, 6.07) is 14.9. The highest BCUT2D eigenvalue weighted by Crippen LogP contribution is 2.30. The first-order valence-corrected chi connectivity index (χ1v) is 9.48. The van der Waals surface area contributed by atoms with Gasteiger partial charge in [-0.1, -0.05) is 44.2 Å². The number of benzene rings is 2. The van der Waals surface area contributed by atoms with E-state index in [0.29, 0.717) is 23.7 Å². The molecule has 0 aliphatic heterocycles. The Hall–Kier alpha value is -2.37. The standard InChI is InChI=1S/C22H27N3O2.ClH/c1-14(2)15-6-8-16(9-7-15)20(23)13-24-21(26)18-4-3-5-19(12-18)25-22(27)17-10-11-17;/h3-9,12,14,17,20H,10-11,13,23H2,1-2H3,(H,24,26)(H,25,27);1H. The normalized spacial score (nSPS) is 14.1. The fraction of sp³-hybridized carbons (Fsp3) is 0.364. The molecule has 0 aromatic heterocycles. The predicted octanol–water partition coefficient (Wildman–Crippen LogP) is 4.01. The zero-order valence-electron chi connectivity index (χ0n) is 16.3. The van der Waals surface area contributed by atoms with Crippen LogP contribution in [0.4, 0.5) is 5.69 Å². The second-order valence-electron chi connectivity index (χ2n) is 7.48. The van der Waals surface area contributed by atoms with Gasteiger partial charge in [0.15, 0.2) is 0 Å². The Morgan fingerprint density at radius 3 is 2.32 bits per heavy atom. The lowest BCUT2D eigenvalue weighted by Crippen LogP contribution is -2.32. The lowest BCUT2D eigenvalue weighted by atomic mass is 9.99. The first-order valence-electron chi connectivity index (χ1n) is 9.48. The molecule has 0 heterocycles. The van der Waals surface area contributed by atoms with Crippen LogP contribution in [-0.2, 0) is 4.79 Å². The van der Waals surface area contributed by atoms with Crippen LogP contribution in [0.5, 0.6) is 0 Å². The van der Waals surface area contributed by atoms with Crippen molar-refractivity contribution >= 4 is 29.9 Å². The van der Waals surface area contributed by atoms with E-state index in [-0.39, 0.29) is 36.2 Å². The molecule has 2 amide bonds. The molecular formula is C22H28ClN3O2. The Kier molecular flexibility index (Phi) is 7.61. The maximum absolute atomic E-state index is 12.4. The van der Waals surface area contributed by atoms with E-state index in [1.165, 1.54) is 5.56 Å². The molecule has 2 aromatic rings. The summed E-state index contributed by atoms with van der Waals surface area (Å²) in [5, 5.41) is 5.73. The molecule has 0 radical (unpaired) electrons. The van der Waals surface area contributed by atoms with Gasteiger partial charge in [-0.15, -0.1) is 12.4 Å². The van der Waals surface area contributed by atoms with E-state index in [2.05, 4.69) is 36.6 Å². The average Bonchev–Trinajstić information content (AvgIpc) is 3.51. The molecule has 1 aliphatic carbocycles. The van der Waals surface area contributed by atoms with Crippen molar-refractivity contribution in [2.24, 2.45) is 11.7 Å². The average molecular weight is 402 g/mol. The molecule has 4 N–H and O–H groups in total. The first-order chi connectivity index (χ1) is 12.9. The number of anilines is 1. The summed E-state index contributed by atoms with van der Waals surface area (Å²) >= 11 is 0. The molecular weight excluding hydrogens is 374 g/mol. The van der Waals surface area contributed by atoms with Gasteiger partial charge in [-0.2, -0.15) is 0 Å². The van der Waals surface area contributed by atoms with Crippen molar-refractivity contribution in [3.05, 3.63) is 65.2 Å². The van der Waals surface area contributed by atoms with Crippen molar-refractivity contribution in [1.82, 2.24) is 5.32 Å². The van der Waals surface area contributed by atoms with Gasteiger partial charge in [0.05, 0.1) is 0 Å². The second kappa shape index (κ2) is 9.71. The highest BCUT2D eigenvalue weighted by atomic mass is 35.5. The van der Waals surface area contributed by atoms with Gasteiger partial charge in [0.2, 0.25) is 5.91 Å². The summed E-state index contributed by atoms with van der Waals surface area (Å²) in [6.45, 7) is 4.64. The maximum Gasteiger partial charge on any atom is 0.251 e. The van der Waals surface area contributed by atoms with Crippen molar-refractivity contribution < 1.29 is 9.59 Å². The van der Waals surface area contributed by atoms with Crippen molar-refractivity contribution in [2.75, 3.05) is 11.9 Å². The van der Waals surface area contributed by atoms with Crippen LogP contribution in [-0.4, -0.2) is 18.4 Å². The van der Waals surface area contributed by atoms with Crippen LogP contribution in [0, 0.1) is 5.92 Å². The van der Waals surface area contributed by atoms with Crippen LogP contribution < -0.4 is 16.4 Å². The van der Waals surface area contributed by atoms with Crippen molar-refractivity contribution in [3.8, 4) is 0 Å². The van der Waals surface area contributed by atoms with Gasteiger partial charge in [-0.25, -0.2) is 0 Å². The molecule has 150 valence electrons. The van der Waals surface area contributed by atoms with E-state index in [4.69, 9.17) is 5.73 Å². The third-order valence-corrected chi connectivity index (χ3v) is 4.85. The number of nitrogens with two attached hydrogens (primary N) is 1. The molecule has 3 rings (SSSR count). The molecule has 0 spiro atoms. The monoisotopic (exact) mass is 401 g/mol. The van der Waals surface area contributed by atoms with E-state index >= 15 is 0 Å². The van der Waals surface area contributed by atoms with E-state index in [9.17, 15) is 9.59 Å². The summed E-state index contributed by atoms with van der Waals surface area (Å²) < 4.78 is 0. The number of carbonyl (C=O) groups is 2. The fourth-order valence-electron chi connectivity index (χ4n) is 2.88. The number of carbonyl (C=O) groups excluding carboxylic acids is 2. The SMILES string of the molecule is CC(C)c1ccc(C(N)CNC(=O)c2cccc(NC(=O)C3CC3)c2)cc1.Cl. The lowest BCUT2D eigenvalue weighted by molar-refractivity contribution is -0.117. The Morgan fingerprint density at radius 1 is 1.07 bits per heavy atom. The van der Waals surface area contributed by atoms with Gasteiger partial charge >= 0.3 is 0 Å². The zero-order chi connectivity index (χ0) is 19.4. The molecule has 28 heavy (non-hydrogen) atoms. The van der Waals surface area contributed by atoms with E-state index in [1.54, 1.807) is 24.3 Å². The highest BCUT2D eigenvalue weighted by Gasteiger charge is 2.29. The number of amides is 2. The van der Waals surface area contributed by atoms with Crippen LogP contribution >= 0.6 is 12.4 Å². The van der Waals surface area contributed by atoms with Crippen molar-refractivity contribution in [2.45, 2.75) is 38.6 Å². The predicted molar refractivity (Wildman–Crippen MR) is 115 cm³/mol. The molecule has 0 saturated heterocycles. The van der Waals surface area contributed by atoms with E-state index in [0.717, 1.165) is 18.4 Å². The largest absolute Gasteiger partial charge is 0.350 e. The summed E-state index contributed by atoms with van der Waals surface area (Å²) in [5.74, 6) is 0.427. The smallest absolute Gasteiger partial charge is 0.251 e. The molecule has 1 atom stereocenters. The highest BCUT2D eigenvalue weighted by molar-refractivity contribution is 5.98. The molecule has 5 nitrogen and oxygen atoms in total. The van der Waals surface area contributed by atoms with Crippen LogP contribution in [0.25, 0.3) is 0 Å². The number of hydrogen-bond acceptors (Lipinski definition) is 3. The molecule has 2 aromatic carbocycles. The van der Waals surface area contributed by atoms with Crippen LogP contribution in [0.15, 0.2) is 48.5 Å². The molecule has 1 fully saturated rings. The third kappa shape index (κ3) is 5.81. The Balaban J connectivity index is 0.00000280. The van der Waals surface area contributed by atoms with Crippen LogP contribution in [0.1, 0.15) is 60.1 Å². The van der Waals surface area contributed by atoms with E-state index < -0.39 is 0 Å². The van der Waals surface area contributed by atoms with Gasteiger partial charge in [-0.3, -0.25) is 9.59 Å². The second-order valence-corrected chi connectivity index (χ2v) is 7.48. The maximum atomic E-state index is 12.4. The van der Waals surface area contributed by atoms with Gasteiger partial charge < -0.3 is 16.4 Å². The topological polar surface area (TPSA) is 84.2 Å². The van der Waals surface area contributed by atoms with Gasteiger partial charge in [0, 0.05) is 29.8 Å². The number of rotatable bonds is 7.